The van der Waals surface area contributed by atoms with Crippen LogP contribution in [0.25, 0.3) is 0 Å². The number of carbonyl (C=O) groups excluding carboxylic acids is 1. The van der Waals surface area contributed by atoms with Crippen LogP contribution in [0.1, 0.15) is 37.3 Å². The molecule has 1 aromatic rings. The second-order valence-corrected chi connectivity index (χ2v) is 8.34. The van der Waals surface area contributed by atoms with Crippen molar-refractivity contribution in [3.63, 3.8) is 0 Å². The number of piperidine rings is 1. The van der Waals surface area contributed by atoms with Gasteiger partial charge in [0.2, 0.25) is 0 Å². The Morgan fingerprint density at radius 2 is 2.22 bits per heavy atom. The molecule has 1 spiro atoms. The molecular formula is C22H28ClNO3. The van der Waals surface area contributed by atoms with Gasteiger partial charge in [-0.25, -0.2) is 0 Å². The molecule has 0 N–H and O–H groups in total. The molecule has 2 heterocycles. The average molecular weight is 390 g/mol. The predicted octanol–water partition coefficient (Wildman–Crippen LogP) is 3.55. The van der Waals surface area contributed by atoms with Gasteiger partial charge in [-0.15, -0.1) is 19.0 Å². The van der Waals surface area contributed by atoms with Gasteiger partial charge in [0.25, 0.3) is 0 Å². The van der Waals surface area contributed by atoms with Gasteiger partial charge in [-0.3, -0.25) is 9.69 Å². The van der Waals surface area contributed by atoms with E-state index in [9.17, 15) is 4.79 Å². The van der Waals surface area contributed by atoms with Crippen LogP contribution in [0.3, 0.4) is 0 Å². The molecule has 146 valence electrons. The first-order chi connectivity index (χ1) is 12.7. The van der Waals surface area contributed by atoms with Gasteiger partial charge in [0.15, 0.2) is 23.4 Å². The largest absolute Gasteiger partial charge is 0.493 e. The summed E-state index contributed by atoms with van der Waals surface area (Å²) in [5.74, 6) is 2.82. The number of halogens is 1. The van der Waals surface area contributed by atoms with Crippen LogP contribution < -0.4 is 9.47 Å². The monoisotopic (exact) mass is 389 g/mol. The molecule has 5 atom stereocenters. The number of likely N-dealkylation sites (tertiary alicyclic amines) is 1. The Morgan fingerprint density at radius 3 is 2.93 bits per heavy atom. The van der Waals surface area contributed by atoms with Gasteiger partial charge in [0, 0.05) is 30.0 Å². The molecule has 0 amide bonds. The zero-order valence-corrected chi connectivity index (χ0v) is 16.9. The lowest BCUT2D eigenvalue weighted by atomic mass is 9.48. The summed E-state index contributed by atoms with van der Waals surface area (Å²) in [6.07, 6.45) is 5.42. The summed E-state index contributed by atoms with van der Waals surface area (Å²) in [7, 11) is 1.69. The van der Waals surface area contributed by atoms with E-state index in [2.05, 4.69) is 24.5 Å². The maximum atomic E-state index is 13.1. The third kappa shape index (κ3) is 2.23. The van der Waals surface area contributed by atoms with Gasteiger partial charge in [0.1, 0.15) is 0 Å². The molecule has 0 radical (unpaired) electrons. The normalized spacial score (nSPS) is 35.7. The first kappa shape index (κ1) is 18.8. The number of ketones is 1. The molecule has 2 fully saturated rings. The zero-order valence-electron chi connectivity index (χ0n) is 16.1. The van der Waals surface area contributed by atoms with Crippen molar-refractivity contribution in [3.8, 4) is 11.5 Å². The van der Waals surface area contributed by atoms with Crippen LogP contribution in [0, 0.1) is 11.8 Å². The fraction of sp³-hybridized carbons (Fsp3) is 0.591. The molecule has 1 saturated carbocycles. The lowest BCUT2D eigenvalue weighted by molar-refractivity contribution is -0.144. The molecule has 4 aliphatic rings. The number of methoxy groups -OCH3 is 1. The van der Waals surface area contributed by atoms with Crippen LogP contribution in [0.5, 0.6) is 11.5 Å². The lowest BCUT2D eigenvalue weighted by Gasteiger charge is -2.60. The van der Waals surface area contributed by atoms with Gasteiger partial charge in [0.05, 0.1) is 7.11 Å². The lowest BCUT2D eigenvalue weighted by Crippen LogP contribution is -2.68. The predicted molar refractivity (Wildman–Crippen MR) is 107 cm³/mol. The number of carbonyl (C=O) groups is 1. The Bertz CT molecular complexity index is 794. The van der Waals surface area contributed by atoms with Gasteiger partial charge < -0.3 is 9.47 Å². The van der Waals surface area contributed by atoms with Gasteiger partial charge in [-0.1, -0.05) is 25.5 Å². The summed E-state index contributed by atoms with van der Waals surface area (Å²) < 4.78 is 12.0. The van der Waals surface area contributed by atoms with E-state index >= 15 is 0 Å². The Hall–Kier alpha value is -1.52. The molecule has 2 aliphatic carbocycles. The smallest absolute Gasteiger partial charge is 0.174 e. The highest BCUT2D eigenvalue weighted by atomic mass is 35.5. The van der Waals surface area contributed by atoms with Crippen LogP contribution in [-0.2, 0) is 16.6 Å². The summed E-state index contributed by atoms with van der Waals surface area (Å²) in [6, 6.07) is 4.68. The van der Waals surface area contributed by atoms with E-state index in [-0.39, 0.29) is 29.7 Å². The number of benzene rings is 1. The van der Waals surface area contributed by atoms with Crippen molar-refractivity contribution in [2.75, 3.05) is 20.2 Å². The molecule has 27 heavy (non-hydrogen) atoms. The van der Waals surface area contributed by atoms with Crippen molar-refractivity contribution in [1.29, 1.82) is 0 Å². The SMILES string of the molecule is C=CCN1CC[C@]23c4c5ccc(OC)c4O[C@H]2C(=O)C[C@H](CC)[C@H]3[C@H]1C5.Cl. The molecule has 4 nitrogen and oxygen atoms in total. The third-order valence-electron chi connectivity index (χ3n) is 7.47. The number of ether oxygens (including phenoxy) is 2. The molecule has 5 rings (SSSR count). The standard InChI is InChI=1S/C22H27NO3.ClH/c1-4-9-23-10-8-22-18-13(5-2)12-16(24)21(22)26-20-17(25-3)7-6-14(19(20)22)11-15(18)23;/h4,6-7,13,15,18,21H,1,5,8-12H2,2-3H3;1H/t13-,15+,18-,21-,22-;/m0./s1. The fourth-order valence-corrected chi connectivity index (χ4v) is 6.60. The Labute approximate surface area is 167 Å². The van der Waals surface area contributed by atoms with E-state index in [4.69, 9.17) is 9.47 Å². The minimum atomic E-state index is -0.325. The highest BCUT2D eigenvalue weighted by Crippen LogP contribution is 2.64. The summed E-state index contributed by atoms with van der Waals surface area (Å²) in [5.41, 5.74) is 2.49. The third-order valence-corrected chi connectivity index (χ3v) is 7.47. The number of hydrogen-bond acceptors (Lipinski definition) is 4. The van der Waals surface area contributed by atoms with Crippen molar-refractivity contribution in [3.05, 3.63) is 35.9 Å². The van der Waals surface area contributed by atoms with Crippen LogP contribution in [0.15, 0.2) is 24.8 Å². The molecule has 1 aromatic carbocycles. The Balaban J connectivity index is 0.00000180. The van der Waals surface area contributed by atoms with Gasteiger partial charge >= 0.3 is 0 Å². The molecule has 5 heteroatoms. The van der Waals surface area contributed by atoms with E-state index in [1.54, 1.807) is 7.11 Å². The van der Waals surface area contributed by atoms with Crippen LogP contribution in [0.4, 0.5) is 0 Å². The van der Waals surface area contributed by atoms with Crippen molar-refractivity contribution in [2.45, 2.75) is 50.2 Å². The first-order valence-electron chi connectivity index (χ1n) is 9.90. The second-order valence-electron chi connectivity index (χ2n) is 8.34. The average Bonchev–Trinajstić information content (AvgIpc) is 3.00. The molecule has 0 aromatic heterocycles. The highest BCUT2D eigenvalue weighted by Gasteiger charge is 2.67. The van der Waals surface area contributed by atoms with Gasteiger partial charge in [-0.05, 0) is 42.9 Å². The van der Waals surface area contributed by atoms with Crippen molar-refractivity contribution < 1.29 is 14.3 Å². The fourth-order valence-electron chi connectivity index (χ4n) is 6.60. The van der Waals surface area contributed by atoms with E-state index in [0.717, 1.165) is 43.9 Å². The minimum absolute atomic E-state index is 0. The topological polar surface area (TPSA) is 38.8 Å². The zero-order chi connectivity index (χ0) is 18.1. The Morgan fingerprint density at radius 1 is 1.41 bits per heavy atom. The highest BCUT2D eigenvalue weighted by molar-refractivity contribution is 5.89. The maximum absolute atomic E-state index is 13.1. The first-order valence-corrected chi connectivity index (χ1v) is 9.90. The van der Waals surface area contributed by atoms with Crippen LogP contribution >= 0.6 is 12.4 Å². The van der Waals surface area contributed by atoms with E-state index in [1.165, 1.54) is 11.1 Å². The number of hydrogen-bond donors (Lipinski definition) is 0. The minimum Gasteiger partial charge on any atom is -0.493 e. The second kappa shape index (κ2) is 6.52. The van der Waals surface area contributed by atoms with E-state index in [1.807, 2.05) is 12.1 Å². The van der Waals surface area contributed by atoms with Crippen molar-refractivity contribution in [2.24, 2.45) is 11.8 Å². The maximum Gasteiger partial charge on any atom is 0.174 e. The number of rotatable bonds is 4. The summed E-state index contributed by atoms with van der Waals surface area (Å²) >= 11 is 0. The molecule has 0 unspecified atom stereocenters. The molecule has 2 bridgehead atoms. The van der Waals surface area contributed by atoms with Crippen LogP contribution in [-0.4, -0.2) is 43.0 Å². The molecular weight excluding hydrogens is 362 g/mol. The van der Waals surface area contributed by atoms with Gasteiger partial charge in [-0.2, -0.15) is 0 Å². The summed E-state index contributed by atoms with van der Waals surface area (Å²) in [4.78, 5) is 15.7. The number of Topliss-reactive ketones (excluding diaryl/α,β-unsaturated/α-hetero) is 1. The van der Waals surface area contributed by atoms with Crippen molar-refractivity contribution in [1.82, 2.24) is 4.90 Å². The molecule has 1 saturated heterocycles. The van der Waals surface area contributed by atoms with Crippen molar-refractivity contribution >= 4 is 18.2 Å². The summed E-state index contributed by atoms with van der Waals surface area (Å²) in [6.45, 7) is 8.13. The van der Waals surface area contributed by atoms with E-state index in [0.29, 0.717) is 24.3 Å². The number of nitrogens with zero attached hydrogens (tertiary/aromatic N) is 1. The quantitative estimate of drug-likeness (QED) is 0.738. The van der Waals surface area contributed by atoms with E-state index < -0.39 is 0 Å². The molecule has 2 aliphatic heterocycles. The summed E-state index contributed by atoms with van der Waals surface area (Å²) in [5, 5.41) is 0. The van der Waals surface area contributed by atoms with Crippen LogP contribution in [0.2, 0.25) is 0 Å². The Kier molecular flexibility index (Phi) is 4.55.